The van der Waals surface area contributed by atoms with Crippen molar-refractivity contribution in [1.29, 1.82) is 0 Å². The Hall–Kier alpha value is -3.27. The fraction of sp³-hybridized carbons (Fsp3) is 0.458. The van der Waals surface area contributed by atoms with Crippen LogP contribution in [0.2, 0.25) is 0 Å². The molecule has 4 heterocycles. The normalized spacial score (nSPS) is 18.6. The Morgan fingerprint density at radius 3 is 2.71 bits per heavy atom. The molecular formula is C24H27F2N7O. The molecule has 1 spiro atoms. The van der Waals surface area contributed by atoms with Crippen LogP contribution in [0.4, 0.5) is 26.2 Å². The Kier molecular flexibility index (Phi) is 4.77. The molecule has 178 valence electrons. The Morgan fingerprint density at radius 1 is 1.12 bits per heavy atom. The van der Waals surface area contributed by atoms with E-state index in [4.69, 9.17) is 4.74 Å². The maximum Gasteiger partial charge on any atom is 0.229 e. The first-order chi connectivity index (χ1) is 16.3. The zero-order valence-electron chi connectivity index (χ0n) is 19.5. The highest BCUT2D eigenvalue weighted by Crippen LogP contribution is 2.52. The van der Waals surface area contributed by atoms with Gasteiger partial charge in [0.1, 0.15) is 12.3 Å². The lowest BCUT2D eigenvalue weighted by atomic mass is 10.0. The summed E-state index contributed by atoms with van der Waals surface area (Å²) in [6, 6.07) is 5.15. The van der Waals surface area contributed by atoms with E-state index in [0.29, 0.717) is 23.7 Å². The summed E-state index contributed by atoms with van der Waals surface area (Å²) < 4.78 is 37.7. The number of nitrogens with one attached hydrogen (secondary N) is 1. The molecule has 1 aromatic carbocycles. The van der Waals surface area contributed by atoms with Gasteiger partial charge < -0.3 is 15.0 Å². The third-order valence-electron chi connectivity index (χ3n) is 6.87. The van der Waals surface area contributed by atoms with Gasteiger partial charge in [-0.15, -0.1) is 0 Å². The van der Waals surface area contributed by atoms with Crippen molar-refractivity contribution >= 4 is 17.5 Å². The molecule has 1 fully saturated rings. The highest BCUT2D eigenvalue weighted by Gasteiger charge is 2.53. The molecule has 1 aliphatic carbocycles. The molecule has 2 aromatic heterocycles. The third-order valence-corrected chi connectivity index (χ3v) is 6.87. The van der Waals surface area contributed by atoms with Gasteiger partial charge in [0.25, 0.3) is 0 Å². The highest BCUT2D eigenvalue weighted by atomic mass is 19.1. The highest BCUT2D eigenvalue weighted by molar-refractivity contribution is 5.74. The second-order valence-electron chi connectivity index (χ2n) is 9.78. The predicted molar refractivity (Wildman–Crippen MR) is 124 cm³/mol. The quantitative estimate of drug-likeness (QED) is 0.623. The molecule has 1 saturated carbocycles. The number of benzene rings is 1. The Labute approximate surface area is 196 Å². The van der Waals surface area contributed by atoms with Crippen LogP contribution in [0.1, 0.15) is 32.4 Å². The van der Waals surface area contributed by atoms with Crippen molar-refractivity contribution in [3.63, 3.8) is 0 Å². The topological polar surface area (TPSA) is 71.3 Å². The summed E-state index contributed by atoms with van der Waals surface area (Å²) in [6.07, 6.45) is 3.10. The number of ether oxygens (including phenoxy) is 1. The first-order valence-electron chi connectivity index (χ1n) is 11.6. The molecule has 0 saturated heterocycles. The third kappa shape index (κ3) is 3.48. The van der Waals surface area contributed by atoms with E-state index >= 15 is 4.39 Å². The summed E-state index contributed by atoms with van der Waals surface area (Å²) in [5, 5.41) is 7.62. The molecule has 0 unspecified atom stereocenters. The van der Waals surface area contributed by atoms with Crippen molar-refractivity contribution < 1.29 is 13.5 Å². The van der Waals surface area contributed by atoms with E-state index in [9.17, 15) is 4.39 Å². The summed E-state index contributed by atoms with van der Waals surface area (Å²) in [4.78, 5) is 12.9. The SMILES string of the molecule is CC(C)N1c2cc(-c3nc(Nc4cc5n(n4)CCN(C)C5)ncc3F)cc(F)c2OCC12CC2. The molecule has 34 heavy (non-hydrogen) atoms. The fourth-order valence-corrected chi connectivity index (χ4v) is 5.13. The van der Waals surface area contributed by atoms with Gasteiger partial charge in [0.05, 0.1) is 29.7 Å². The van der Waals surface area contributed by atoms with Crippen LogP contribution in [-0.2, 0) is 13.1 Å². The summed E-state index contributed by atoms with van der Waals surface area (Å²) in [7, 11) is 2.06. The summed E-state index contributed by atoms with van der Waals surface area (Å²) >= 11 is 0. The average Bonchev–Trinajstić information content (AvgIpc) is 3.43. The van der Waals surface area contributed by atoms with E-state index < -0.39 is 11.6 Å². The van der Waals surface area contributed by atoms with Crippen molar-refractivity contribution in [2.75, 3.05) is 30.4 Å². The van der Waals surface area contributed by atoms with Crippen LogP contribution in [0.15, 0.2) is 24.4 Å². The second-order valence-corrected chi connectivity index (χ2v) is 9.78. The minimum absolute atomic E-state index is 0.0297. The van der Waals surface area contributed by atoms with E-state index in [1.165, 1.54) is 6.07 Å². The van der Waals surface area contributed by atoms with Gasteiger partial charge in [-0.05, 0) is 45.9 Å². The maximum atomic E-state index is 15.1. The molecule has 2 aliphatic heterocycles. The van der Waals surface area contributed by atoms with E-state index in [2.05, 4.69) is 51.1 Å². The molecule has 1 N–H and O–H groups in total. The average molecular weight is 468 g/mol. The van der Waals surface area contributed by atoms with E-state index in [0.717, 1.165) is 44.4 Å². The standard InChI is InChI=1S/C24H27F2N7O/c1-14(2)33-19-9-15(8-17(25)22(19)34-13-24(33)4-5-24)21-18(26)11-27-23(29-21)28-20-10-16-12-31(3)6-7-32(16)30-20/h8-11,14H,4-7,12-13H2,1-3H3,(H,27,28,29,30). The zero-order chi connectivity index (χ0) is 23.6. The number of hydrogen-bond donors (Lipinski definition) is 1. The van der Waals surface area contributed by atoms with E-state index in [-0.39, 0.29) is 29.0 Å². The number of anilines is 3. The van der Waals surface area contributed by atoms with Crippen LogP contribution in [0.5, 0.6) is 5.75 Å². The molecule has 0 amide bonds. The number of halogens is 2. The summed E-state index contributed by atoms with van der Waals surface area (Å²) in [6.45, 7) is 7.15. The summed E-state index contributed by atoms with van der Waals surface area (Å²) in [5.41, 5.74) is 2.00. The summed E-state index contributed by atoms with van der Waals surface area (Å²) in [5.74, 6) is -0.128. The van der Waals surface area contributed by atoms with Gasteiger partial charge in [0, 0.05) is 30.8 Å². The van der Waals surface area contributed by atoms with Crippen LogP contribution in [0, 0.1) is 11.6 Å². The zero-order valence-corrected chi connectivity index (χ0v) is 19.5. The van der Waals surface area contributed by atoms with Crippen molar-refractivity contribution in [3.8, 4) is 17.0 Å². The largest absolute Gasteiger partial charge is 0.486 e. The van der Waals surface area contributed by atoms with E-state index in [1.807, 2.05) is 10.7 Å². The first-order valence-corrected chi connectivity index (χ1v) is 11.6. The number of aromatic nitrogens is 4. The lowest BCUT2D eigenvalue weighted by Crippen LogP contribution is -2.49. The van der Waals surface area contributed by atoms with Crippen molar-refractivity contribution in [1.82, 2.24) is 24.6 Å². The van der Waals surface area contributed by atoms with Crippen LogP contribution < -0.4 is 15.0 Å². The maximum absolute atomic E-state index is 15.1. The lowest BCUT2D eigenvalue weighted by Gasteiger charge is -2.42. The molecular weight excluding hydrogens is 440 g/mol. The molecule has 8 nitrogen and oxygen atoms in total. The Bertz CT molecular complexity index is 1270. The number of hydrogen-bond acceptors (Lipinski definition) is 7. The van der Waals surface area contributed by atoms with Gasteiger partial charge in [-0.1, -0.05) is 0 Å². The van der Waals surface area contributed by atoms with Crippen LogP contribution in [0.3, 0.4) is 0 Å². The van der Waals surface area contributed by atoms with Crippen molar-refractivity contribution in [2.24, 2.45) is 0 Å². The Balaban J connectivity index is 1.35. The van der Waals surface area contributed by atoms with Crippen LogP contribution in [0.25, 0.3) is 11.3 Å². The monoisotopic (exact) mass is 467 g/mol. The predicted octanol–water partition coefficient (Wildman–Crippen LogP) is 3.95. The molecule has 6 rings (SSSR count). The number of nitrogens with zero attached hydrogens (tertiary/aromatic N) is 6. The Morgan fingerprint density at radius 2 is 1.94 bits per heavy atom. The molecule has 3 aromatic rings. The van der Waals surface area contributed by atoms with E-state index in [1.54, 1.807) is 6.07 Å². The van der Waals surface area contributed by atoms with Gasteiger partial charge in [0.2, 0.25) is 5.95 Å². The van der Waals surface area contributed by atoms with Gasteiger partial charge in [-0.2, -0.15) is 5.10 Å². The van der Waals surface area contributed by atoms with Crippen molar-refractivity contribution in [3.05, 3.63) is 41.7 Å². The van der Waals surface area contributed by atoms with Gasteiger partial charge in [-0.25, -0.2) is 18.7 Å². The molecule has 0 radical (unpaired) electrons. The number of fused-ring (bicyclic) bond motifs is 2. The lowest BCUT2D eigenvalue weighted by molar-refractivity contribution is 0.234. The van der Waals surface area contributed by atoms with Gasteiger partial charge in [-0.3, -0.25) is 9.58 Å². The molecule has 10 heteroatoms. The molecule has 0 bridgehead atoms. The van der Waals surface area contributed by atoms with Crippen LogP contribution in [-0.4, -0.2) is 56.4 Å². The smallest absolute Gasteiger partial charge is 0.229 e. The number of rotatable bonds is 4. The van der Waals surface area contributed by atoms with Gasteiger partial charge >= 0.3 is 0 Å². The molecule has 0 atom stereocenters. The minimum atomic E-state index is -0.621. The molecule has 3 aliphatic rings. The second kappa shape index (κ2) is 7.63. The minimum Gasteiger partial charge on any atom is -0.486 e. The number of likely N-dealkylation sites (N-methyl/N-ethyl adjacent to an activating group) is 1. The fourth-order valence-electron chi connectivity index (χ4n) is 5.13. The first kappa shape index (κ1) is 21.3. The van der Waals surface area contributed by atoms with Gasteiger partial charge in [0.15, 0.2) is 23.2 Å². The van der Waals surface area contributed by atoms with Crippen LogP contribution >= 0.6 is 0 Å². The van der Waals surface area contributed by atoms with Crippen molar-refractivity contribution in [2.45, 2.75) is 51.4 Å².